The lowest BCUT2D eigenvalue weighted by molar-refractivity contribution is 0.172. The van der Waals surface area contributed by atoms with Gasteiger partial charge in [0.2, 0.25) is 0 Å². The van der Waals surface area contributed by atoms with E-state index in [-0.39, 0.29) is 0 Å². The predicted octanol–water partition coefficient (Wildman–Crippen LogP) is 2.46. The Balaban J connectivity index is 2.20. The topological polar surface area (TPSA) is 70.5 Å². The van der Waals surface area contributed by atoms with Crippen molar-refractivity contribution in [2.45, 2.75) is 0 Å². The summed E-state index contributed by atoms with van der Waals surface area (Å²) >= 11 is 3.46. The molecular formula is C11H9BrN2O3. The van der Waals surface area contributed by atoms with Crippen LogP contribution in [-0.4, -0.2) is 18.4 Å². The van der Waals surface area contributed by atoms with E-state index in [1.165, 1.54) is 0 Å². The highest BCUT2D eigenvalue weighted by Crippen LogP contribution is 2.44. The Morgan fingerprint density at radius 1 is 1.24 bits per heavy atom. The summed E-state index contributed by atoms with van der Waals surface area (Å²) in [4.78, 5) is 0. The second-order valence-corrected chi connectivity index (χ2v) is 4.42. The summed E-state index contributed by atoms with van der Waals surface area (Å²) in [6.07, 6.45) is 0. The van der Waals surface area contributed by atoms with Crippen LogP contribution in [0, 0.1) is 0 Å². The van der Waals surface area contributed by atoms with Crippen LogP contribution < -0.4 is 15.2 Å². The molecule has 0 amide bonds. The zero-order valence-electron chi connectivity index (χ0n) is 8.77. The summed E-state index contributed by atoms with van der Waals surface area (Å²) < 4.78 is 17.1. The van der Waals surface area contributed by atoms with E-state index < -0.39 is 0 Å². The minimum Gasteiger partial charge on any atom is -0.486 e. The minimum absolute atomic E-state index is 0.334. The number of rotatable bonds is 1. The first kappa shape index (κ1) is 10.5. The van der Waals surface area contributed by atoms with Crippen LogP contribution in [0.5, 0.6) is 11.5 Å². The number of nitrogen functional groups attached to an aromatic ring is 1. The van der Waals surface area contributed by atoms with Gasteiger partial charge in [0.1, 0.15) is 13.2 Å². The zero-order valence-corrected chi connectivity index (χ0v) is 10.4. The van der Waals surface area contributed by atoms with Gasteiger partial charge in [0.25, 0.3) is 0 Å². The highest BCUT2D eigenvalue weighted by atomic mass is 79.9. The van der Waals surface area contributed by atoms with Gasteiger partial charge in [0.15, 0.2) is 23.1 Å². The number of aromatic nitrogens is 1. The third kappa shape index (κ3) is 1.74. The van der Waals surface area contributed by atoms with E-state index in [4.69, 9.17) is 19.7 Å². The Hall–Kier alpha value is -1.69. The normalized spacial score (nSPS) is 13.7. The molecule has 17 heavy (non-hydrogen) atoms. The maximum Gasteiger partial charge on any atom is 0.174 e. The van der Waals surface area contributed by atoms with Gasteiger partial charge in [-0.2, -0.15) is 0 Å². The summed E-state index contributed by atoms with van der Waals surface area (Å²) in [5, 5.41) is 3.67. The molecule has 1 aliphatic heterocycles. The van der Waals surface area contributed by atoms with Crippen molar-refractivity contribution in [1.82, 2.24) is 5.16 Å². The predicted molar refractivity (Wildman–Crippen MR) is 65.0 cm³/mol. The Morgan fingerprint density at radius 2 is 2.06 bits per heavy atom. The lowest BCUT2D eigenvalue weighted by Gasteiger charge is -2.20. The molecule has 0 atom stereocenters. The number of ether oxygens (including phenoxy) is 2. The smallest absolute Gasteiger partial charge is 0.174 e. The molecule has 2 heterocycles. The zero-order chi connectivity index (χ0) is 11.8. The highest BCUT2D eigenvalue weighted by molar-refractivity contribution is 9.10. The molecule has 0 saturated carbocycles. The summed E-state index contributed by atoms with van der Waals surface area (Å²) in [5.41, 5.74) is 6.32. The molecule has 0 bridgehead atoms. The lowest BCUT2D eigenvalue weighted by atomic mass is 10.1. The summed E-state index contributed by atoms with van der Waals surface area (Å²) in [7, 11) is 0. The van der Waals surface area contributed by atoms with Gasteiger partial charge >= 0.3 is 0 Å². The number of nitrogens with zero attached hydrogens (tertiary/aromatic N) is 1. The molecule has 1 aromatic heterocycles. The number of nitrogens with two attached hydrogens (primary N) is 1. The van der Waals surface area contributed by atoms with Gasteiger partial charge in [-0.05, 0) is 28.1 Å². The van der Waals surface area contributed by atoms with Crippen molar-refractivity contribution in [2.24, 2.45) is 0 Å². The van der Waals surface area contributed by atoms with Crippen LogP contribution in [-0.2, 0) is 0 Å². The second kappa shape index (κ2) is 3.96. The maximum atomic E-state index is 5.62. The first-order valence-corrected chi connectivity index (χ1v) is 5.85. The van der Waals surface area contributed by atoms with Crippen molar-refractivity contribution in [2.75, 3.05) is 18.9 Å². The summed E-state index contributed by atoms with van der Waals surface area (Å²) in [6, 6.07) is 5.38. The molecule has 2 aromatic rings. The van der Waals surface area contributed by atoms with Gasteiger partial charge in [-0.15, -0.1) is 0 Å². The number of hydrogen-bond donors (Lipinski definition) is 1. The van der Waals surface area contributed by atoms with E-state index in [9.17, 15) is 0 Å². The van der Waals surface area contributed by atoms with E-state index in [2.05, 4.69) is 21.1 Å². The Labute approximate surface area is 106 Å². The fraction of sp³-hybridized carbons (Fsp3) is 0.182. The highest BCUT2D eigenvalue weighted by Gasteiger charge is 2.22. The standard InChI is InChI=1S/C11H9BrN2O3/c12-6-1-2-7-11(16-4-3-15-7)10(6)8-5-9(13)14-17-8/h1-2,5H,3-4H2,(H2,13,14). The molecule has 0 radical (unpaired) electrons. The monoisotopic (exact) mass is 296 g/mol. The molecule has 0 spiro atoms. The number of benzene rings is 1. The summed E-state index contributed by atoms with van der Waals surface area (Å²) in [5.74, 6) is 2.24. The van der Waals surface area contributed by atoms with Crippen molar-refractivity contribution in [1.29, 1.82) is 0 Å². The van der Waals surface area contributed by atoms with Crippen molar-refractivity contribution >= 4 is 21.7 Å². The van der Waals surface area contributed by atoms with Crippen LogP contribution in [0.2, 0.25) is 0 Å². The average Bonchev–Trinajstić information content (AvgIpc) is 2.75. The van der Waals surface area contributed by atoms with Gasteiger partial charge in [-0.25, -0.2) is 0 Å². The molecule has 5 nitrogen and oxygen atoms in total. The summed E-state index contributed by atoms with van der Waals surface area (Å²) in [6.45, 7) is 1.06. The number of anilines is 1. The van der Waals surface area contributed by atoms with E-state index in [1.54, 1.807) is 6.07 Å². The first-order chi connectivity index (χ1) is 8.25. The lowest BCUT2D eigenvalue weighted by Crippen LogP contribution is -2.16. The van der Waals surface area contributed by atoms with Crippen LogP contribution >= 0.6 is 15.9 Å². The largest absolute Gasteiger partial charge is 0.486 e. The van der Waals surface area contributed by atoms with Crippen molar-refractivity contribution in [3.63, 3.8) is 0 Å². The van der Waals surface area contributed by atoms with Crippen LogP contribution in [0.3, 0.4) is 0 Å². The number of fused-ring (bicyclic) bond motifs is 1. The maximum absolute atomic E-state index is 5.62. The average molecular weight is 297 g/mol. The molecule has 6 heteroatoms. The Bertz CT molecular complexity index is 568. The quantitative estimate of drug-likeness (QED) is 0.875. The third-order valence-corrected chi connectivity index (χ3v) is 3.09. The molecule has 0 unspecified atom stereocenters. The SMILES string of the molecule is Nc1cc(-c2c(Br)ccc3c2OCCO3)on1. The third-order valence-electron chi connectivity index (χ3n) is 2.43. The number of hydrogen-bond acceptors (Lipinski definition) is 5. The Morgan fingerprint density at radius 3 is 2.82 bits per heavy atom. The van der Waals surface area contributed by atoms with E-state index >= 15 is 0 Å². The van der Waals surface area contributed by atoms with E-state index in [0.29, 0.717) is 36.3 Å². The van der Waals surface area contributed by atoms with Gasteiger partial charge in [-0.1, -0.05) is 5.16 Å². The van der Waals surface area contributed by atoms with Crippen LogP contribution in [0.4, 0.5) is 5.82 Å². The van der Waals surface area contributed by atoms with Crippen LogP contribution in [0.15, 0.2) is 27.2 Å². The molecule has 3 rings (SSSR count). The van der Waals surface area contributed by atoms with Crippen molar-refractivity contribution in [3.05, 3.63) is 22.7 Å². The van der Waals surface area contributed by atoms with Crippen LogP contribution in [0.25, 0.3) is 11.3 Å². The molecule has 0 fully saturated rings. The van der Waals surface area contributed by atoms with Crippen LogP contribution in [0.1, 0.15) is 0 Å². The molecule has 0 aliphatic carbocycles. The minimum atomic E-state index is 0.334. The van der Waals surface area contributed by atoms with Gasteiger partial charge in [-0.3, -0.25) is 0 Å². The van der Waals surface area contributed by atoms with Gasteiger partial charge in [0, 0.05) is 10.5 Å². The molecule has 2 N–H and O–H groups in total. The van der Waals surface area contributed by atoms with E-state index in [0.717, 1.165) is 10.0 Å². The fourth-order valence-corrected chi connectivity index (χ4v) is 2.24. The second-order valence-electron chi connectivity index (χ2n) is 3.56. The molecule has 88 valence electrons. The molecule has 1 aliphatic rings. The first-order valence-electron chi connectivity index (χ1n) is 5.06. The molecular weight excluding hydrogens is 288 g/mol. The van der Waals surface area contributed by atoms with Gasteiger partial charge < -0.3 is 19.7 Å². The Kier molecular flexibility index (Phi) is 2.44. The molecule has 1 aromatic carbocycles. The molecule has 0 saturated heterocycles. The number of halogens is 1. The van der Waals surface area contributed by atoms with Crippen molar-refractivity contribution < 1.29 is 14.0 Å². The van der Waals surface area contributed by atoms with Gasteiger partial charge in [0.05, 0.1) is 5.56 Å². The fourth-order valence-electron chi connectivity index (χ4n) is 1.73. The van der Waals surface area contributed by atoms with Crippen molar-refractivity contribution in [3.8, 4) is 22.8 Å². The van der Waals surface area contributed by atoms with E-state index in [1.807, 2.05) is 12.1 Å².